The predicted octanol–water partition coefficient (Wildman–Crippen LogP) is 0.996. The Morgan fingerprint density at radius 2 is 2.00 bits per heavy atom. The van der Waals surface area contributed by atoms with Crippen molar-refractivity contribution in [2.75, 3.05) is 0 Å². The number of nitrogens with zero attached hydrogens (tertiary/aromatic N) is 1. The highest BCUT2D eigenvalue weighted by molar-refractivity contribution is 5.75. The number of nitrogens with one attached hydrogen (secondary N) is 2. The van der Waals surface area contributed by atoms with Gasteiger partial charge in [0.1, 0.15) is 6.04 Å². The van der Waals surface area contributed by atoms with Crippen LogP contribution in [-0.4, -0.2) is 17.6 Å². The quantitative estimate of drug-likeness (QED) is 0.615. The molecule has 0 heterocycles. The molecule has 1 atom stereocenters. The number of amides is 2. The van der Waals surface area contributed by atoms with Gasteiger partial charge in [-0.2, -0.15) is 5.26 Å². The molecule has 0 saturated carbocycles. The van der Waals surface area contributed by atoms with Crippen LogP contribution in [0.25, 0.3) is 0 Å². The van der Waals surface area contributed by atoms with E-state index in [0.717, 1.165) is 0 Å². The van der Waals surface area contributed by atoms with Gasteiger partial charge in [0.25, 0.3) is 0 Å². The highest BCUT2D eigenvalue weighted by Crippen LogP contribution is 1.97. The van der Waals surface area contributed by atoms with Gasteiger partial charge >= 0.3 is 6.03 Å². The van der Waals surface area contributed by atoms with Crippen LogP contribution in [0, 0.1) is 11.3 Å². The van der Waals surface area contributed by atoms with Gasteiger partial charge in [0.2, 0.25) is 0 Å². The van der Waals surface area contributed by atoms with E-state index < -0.39 is 6.04 Å². The summed E-state index contributed by atoms with van der Waals surface area (Å²) in [5.74, 6) is 0. The highest BCUT2D eigenvalue weighted by atomic mass is 16.2. The Bertz CT molecular complexity index is 199. The van der Waals surface area contributed by atoms with Crippen molar-refractivity contribution in [1.29, 1.82) is 5.26 Å². The fourth-order valence-electron chi connectivity index (χ4n) is 0.606. The number of carbonyl (C=O) groups is 1. The van der Waals surface area contributed by atoms with E-state index >= 15 is 0 Å². The van der Waals surface area contributed by atoms with Crippen LogP contribution < -0.4 is 10.6 Å². The van der Waals surface area contributed by atoms with Crippen molar-refractivity contribution in [2.24, 2.45) is 0 Å². The van der Waals surface area contributed by atoms with E-state index in [-0.39, 0.29) is 11.6 Å². The first-order valence-electron chi connectivity index (χ1n) is 3.83. The Kier molecular flexibility index (Phi) is 3.55. The lowest BCUT2D eigenvalue weighted by Gasteiger charge is -2.21. The molecule has 0 aromatic carbocycles. The van der Waals surface area contributed by atoms with Crippen molar-refractivity contribution in [3.05, 3.63) is 0 Å². The summed E-state index contributed by atoms with van der Waals surface area (Å²) >= 11 is 0. The zero-order valence-corrected chi connectivity index (χ0v) is 7.93. The van der Waals surface area contributed by atoms with Crippen LogP contribution in [0.4, 0.5) is 4.79 Å². The molecule has 0 aliphatic heterocycles. The largest absolute Gasteiger partial charge is 0.334 e. The van der Waals surface area contributed by atoms with Crippen molar-refractivity contribution in [2.45, 2.75) is 39.3 Å². The lowest BCUT2D eigenvalue weighted by Crippen LogP contribution is -2.48. The predicted molar refractivity (Wildman–Crippen MR) is 46.5 cm³/mol. The first-order chi connectivity index (χ1) is 5.35. The second kappa shape index (κ2) is 3.96. The summed E-state index contributed by atoms with van der Waals surface area (Å²) < 4.78 is 0. The van der Waals surface area contributed by atoms with Crippen molar-refractivity contribution < 1.29 is 4.79 Å². The van der Waals surface area contributed by atoms with Gasteiger partial charge in [0.05, 0.1) is 6.07 Å². The van der Waals surface area contributed by atoms with Crippen LogP contribution >= 0.6 is 0 Å². The number of rotatable bonds is 1. The summed E-state index contributed by atoms with van der Waals surface area (Å²) in [5.41, 5.74) is -0.265. The van der Waals surface area contributed by atoms with Crippen molar-refractivity contribution in [3.8, 4) is 6.07 Å². The third-order valence-electron chi connectivity index (χ3n) is 1.03. The van der Waals surface area contributed by atoms with Gasteiger partial charge in [0.15, 0.2) is 0 Å². The minimum Gasteiger partial charge on any atom is -0.334 e. The monoisotopic (exact) mass is 169 g/mol. The first-order valence-corrected chi connectivity index (χ1v) is 3.83. The number of nitriles is 1. The van der Waals surface area contributed by atoms with Crippen LogP contribution in [0.1, 0.15) is 27.7 Å². The van der Waals surface area contributed by atoms with E-state index in [1.165, 1.54) is 0 Å². The van der Waals surface area contributed by atoms with E-state index in [2.05, 4.69) is 10.6 Å². The first kappa shape index (κ1) is 10.8. The summed E-state index contributed by atoms with van der Waals surface area (Å²) in [6.45, 7) is 7.26. The third-order valence-corrected chi connectivity index (χ3v) is 1.03. The number of urea groups is 1. The summed E-state index contributed by atoms with van der Waals surface area (Å²) in [4.78, 5) is 11.1. The maximum Gasteiger partial charge on any atom is 0.316 e. The summed E-state index contributed by atoms with van der Waals surface area (Å²) in [7, 11) is 0. The molecule has 0 rings (SSSR count). The maximum atomic E-state index is 11.1. The lowest BCUT2D eigenvalue weighted by atomic mass is 10.1. The molecule has 0 bridgehead atoms. The van der Waals surface area contributed by atoms with Crippen molar-refractivity contribution >= 4 is 6.03 Å². The van der Waals surface area contributed by atoms with Crippen LogP contribution in [0.15, 0.2) is 0 Å². The molecular formula is C8H15N3O. The molecule has 2 N–H and O–H groups in total. The molecule has 0 aliphatic carbocycles. The van der Waals surface area contributed by atoms with Gasteiger partial charge in [-0.15, -0.1) is 0 Å². The summed E-state index contributed by atoms with van der Waals surface area (Å²) in [5, 5.41) is 13.5. The fraction of sp³-hybridized carbons (Fsp3) is 0.750. The third kappa shape index (κ3) is 5.54. The van der Waals surface area contributed by atoms with Gasteiger partial charge in [0, 0.05) is 5.54 Å². The number of hydrogen-bond acceptors (Lipinski definition) is 2. The lowest BCUT2D eigenvalue weighted by molar-refractivity contribution is 0.231. The molecular weight excluding hydrogens is 154 g/mol. The molecule has 0 spiro atoms. The Labute approximate surface area is 72.9 Å². The van der Waals surface area contributed by atoms with Gasteiger partial charge in [-0.25, -0.2) is 4.79 Å². The Balaban J connectivity index is 3.85. The smallest absolute Gasteiger partial charge is 0.316 e. The Hall–Kier alpha value is -1.24. The van der Waals surface area contributed by atoms with Crippen molar-refractivity contribution in [1.82, 2.24) is 10.6 Å². The Morgan fingerprint density at radius 1 is 1.50 bits per heavy atom. The minimum atomic E-state index is -0.452. The highest BCUT2D eigenvalue weighted by Gasteiger charge is 2.14. The normalized spacial score (nSPS) is 12.9. The molecule has 4 nitrogen and oxygen atoms in total. The molecule has 0 aliphatic rings. The topological polar surface area (TPSA) is 64.9 Å². The van der Waals surface area contributed by atoms with Gasteiger partial charge < -0.3 is 10.6 Å². The Morgan fingerprint density at radius 3 is 2.33 bits per heavy atom. The average Bonchev–Trinajstić information content (AvgIpc) is 1.82. The van der Waals surface area contributed by atoms with Gasteiger partial charge in [-0.1, -0.05) is 0 Å². The van der Waals surface area contributed by atoms with Crippen LogP contribution in [-0.2, 0) is 0 Å². The van der Waals surface area contributed by atoms with Gasteiger partial charge in [-0.3, -0.25) is 0 Å². The molecule has 0 fully saturated rings. The fourth-order valence-corrected chi connectivity index (χ4v) is 0.606. The van der Waals surface area contributed by atoms with Crippen molar-refractivity contribution in [3.63, 3.8) is 0 Å². The maximum absolute atomic E-state index is 11.1. The molecule has 1 unspecified atom stereocenters. The van der Waals surface area contributed by atoms with E-state index in [0.29, 0.717) is 0 Å². The molecule has 12 heavy (non-hydrogen) atoms. The molecule has 0 saturated heterocycles. The molecule has 0 radical (unpaired) electrons. The van der Waals surface area contributed by atoms with E-state index in [4.69, 9.17) is 5.26 Å². The standard InChI is InChI=1S/C8H15N3O/c1-6(5-9)10-7(12)11-8(2,3)4/h6H,1-4H3,(H2,10,11,12). The van der Waals surface area contributed by atoms with E-state index in [1.54, 1.807) is 6.92 Å². The second-order valence-corrected chi connectivity index (χ2v) is 3.70. The molecule has 4 heteroatoms. The van der Waals surface area contributed by atoms with E-state index in [1.807, 2.05) is 26.8 Å². The molecule has 0 aromatic heterocycles. The summed E-state index contributed by atoms with van der Waals surface area (Å²) in [6, 6.07) is 1.15. The van der Waals surface area contributed by atoms with Crippen LogP contribution in [0.2, 0.25) is 0 Å². The number of carbonyl (C=O) groups excluding carboxylic acids is 1. The molecule has 68 valence electrons. The number of hydrogen-bond donors (Lipinski definition) is 2. The van der Waals surface area contributed by atoms with Crippen LogP contribution in [0.3, 0.4) is 0 Å². The molecule has 2 amide bonds. The van der Waals surface area contributed by atoms with Gasteiger partial charge in [-0.05, 0) is 27.7 Å². The molecule has 0 aromatic rings. The minimum absolute atomic E-state index is 0.265. The zero-order chi connectivity index (χ0) is 9.78. The summed E-state index contributed by atoms with van der Waals surface area (Å²) in [6.07, 6.45) is 0. The zero-order valence-electron chi connectivity index (χ0n) is 7.93. The van der Waals surface area contributed by atoms with Crippen LogP contribution in [0.5, 0.6) is 0 Å². The SMILES string of the molecule is CC(C#N)NC(=O)NC(C)(C)C. The average molecular weight is 169 g/mol. The van der Waals surface area contributed by atoms with E-state index in [9.17, 15) is 4.79 Å². The second-order valence-electron chi connectivity index (χ2n) is 3.70.